The van der Waals surface area contributed by atoms with Crippen molar-refractivity contribution in [3.63, 3.8) is 0 Å². The van der Waals surface area contributed by atoms with Gasteiger partial charge in [-0.2, -0.15) is 5.26 Å². The van der Waals surface area contributed by atoms with Crippen molar-refractivity contribution in [1.29, 1.82) is 5.26 Å². The summed E-state index contributed by atoms with van der Waals surface area (Å²) in [6.45, 7) is 3.48. The van der Waals surface area contributed by atoms with Crippen LogP contribution >= 0.6 is 0 Å². The first kappa shape index (κ1) is 18.3. The number of hydrogen-bond acceptors (Lipinski definition) is 4. The zero-order valence-corrected chi connectivity index (χ0v) is 14.3. The van der Waals surface area contributed by atoms with Crippen molar-refractivity contribution in [1.82, 2.24) is 5.32 Å². The van der Waals surface area contributed by atoms with Crippen molar-refractivity contribution in [2.75, 3.05) is 19.8 Å². The third kappa shape index (κ3) is 6.56. The predicted molar refractivity (Wildman–Crippen MR) is 95.6 cm³/mol. The fourth-order valence-electron chi connectivity index (χ4n) is 2.26. The first-order chi connectivity index (χ1) is 12.2. The van der Waals surface area contributed by atoms with Crippen LogP contribution in [0.1, 0.15) is 17.5 Å². The molecular weight excluding hydrogens is 316 g/mol. The molecule has 0 bridgehead atoms. The van der Waals surface area contributed by atoms with E-state index in [9.17, 15) is 4.79 Å². The highest BCUT2D eigenvalue weighted by Crippen LogP contribution is 2.16. The van der Waals surface area contributed by atoms with Gasteiger partial charge in [0.2, 0.25) is 5.91 Å². The molecule has 5 nitrogen and oxygen atoms in total. The van der Waals surface area contributed by atoms with Gasteiger partial charge in [0.05, 0.1) is 6.07 Å². The number of amides is 1. The minimum Gasteiger partial charge on any atom is -0.490 e. The molecule has 0 saturated heterocycles. The van der Waals surface area contributed by atoms with Crippen molar-refractivity contribution in [2.45, 2.75) is 19.8 Å². The van der Waals surface area contributed by atoms with E-state index in [0.717, 1.165) is 22.6 Å². The molecule has 5 heteroatoms. The van der Waals surface area contributed by atoms with Gasteiger partial charge in [-0.15, -0.1) is 0 Å². The third-order valence-electron chi connectivity index (χ3n) is 3.60. The number of ether oxygens (including phenoxy) is 2. The number of hydrogen-bond donors (Lipinski definition) is 1. The van der Waals surface area contributed by atoms with Crippen LogP contribution < -0.4 is 14.8 Å². The van der Waals surface area contributed by atoms with Crippen molar-refractivity contribution in [2.24, 2.45) is 0 Å². The van der Waals surface area contributed by atoms with Crippen LogP contribution in [0.25, 0.3) is 0 Å². The number of aryl methyl sites for hydroxylation is 1. The zero-order valence-electron chi connectivity index (χ0n) is 14.3. The SMILES string of the molecule is Cc1ccccc1OCCOc1ccc(CCNC(=O)CC#N)cc1. The Hall–Kier alpha value is -3.00. The first-order valence-corrected chi connectivity index (χ1v) is 8.23. The molecule has 0 spiro atoms. The fourth-order valence-corrected chi connectivity index (χ4v) is 2.26. The van der Waals surface area contributed by atoms with E-state index in [1.54, 1.807) is 0 Å². The second-order valence-electron chi connectivity index (χ2n) is 5.54. The monoisotopic (exact) mass is 338 g/mol. The number of carbonyl (C=O) groups is 1. The molecule has 1 N–H and O–H groups in total. The molecule has 0 aromatic heterocycles. The number of carbonyl (C=O) groups excluding carboxylic acids is 1. The molecule has 0 aliphatic carbocycles. The highest BCUT2D eigenvalue weighted by atomic mass is 16.5. The topological polar surface area (TPSA) is 71.3 Å². The van der Waals surface area contributed by atoms with E-state index in [-0.39, 0.29) is 12.3 Å². The lowest BCUT2D eigenvalue weighted by Crippen LogP contribution is -2.24. The number of rotatable bonds is 9. The molecular formula is C20H22N2O3. The van der Waals surface area contributed by atoms with Gasteiger partial charge in [0, 0.05) is 6.54 Å². The number of nitrogens with zero attached hydrogens (tertiary/aromatic N) is 1. The Morgan fingerprint density at radius 2 is 1.80 bits per heavy atom. The van der Waals surface area contributed by atoms with Crippen LogP contribution in [0.5, 0.6) is 11.5 Å². The Kier molecular flexibility index (Phi) is 7.33. The Bertz CT molecular complexity index is 720. The van der Waals surface area contributed by atoms with Crippen LogP contribution in [0.2, 0.25) is 0 Å². The summed E-state index contributed by atoms with van der Waals surface area (Å²) in [5.41, 5.74) is 2.20. The minimum absolute atomic E-state index is 0.0998. The Labute approximate surface area is 148 Å². The van der Waals surface area contributed by atoms with Gasteiger partial charge in [0.1, 0.15) is 31.1 Å². The molecule has 2 rings (SSSR count). The van der Waals surface area contributed by atoms with Gasteiger partial charge < -0.3 is 14.8 Å². The average Bonchev–Trinajstić information content (AvgIpc) is 2.61. The standard InChI is InChI=1S/C20H22N2O3/c1-16-4-2-3-5-19(16)25-15-14-24-18-8-6-17(7-9-18)11-13-22-20(23)10-12-21/h2-9H,10-11,13-15H2,1H3,(H,22,23). The lowest BCUT2D eigenvalue weighted by molar-refractivity contribution is -0.120. The number of nitrogens with one attached hydrogen (secondary N) is 1. The normalized spacial score (nSPS) is 9.92. The van der Waals surface area contributed by atoms with E-state index < -0.39 is 0 Å². The molecule has 0 saturated carbocycles. The van der Waals surface area contributed by atoms with Crippen LogP contribution in [0, 0.1) is 18.3 Å². The summed E-state index contributed by atoms with van der Waals surface area (Å²) in [4.78, 5) is 11.2. The van der Waals surface area contributed by atoms with E-state index in [0.29, 0.717) is 26.2 Å². The second kappa shape index (κ2) is 9.99. The van der Waals surface area contributed by atoms with Crippen LogP contribution in [-0.2, 0) is 11.2 Å². The molecule has 130 valence electrons. The summed E-state index contributed by atoms with van der Waals surface area (Å²) in [7, 11) is 0. The van der Waals surface area contributed by atoms with E-state index in [4.69, 9.17) is 14.7 Å². The number of nitriles is 1. The van der Waals surface area contributed by atoms with E-state index in [1.165, 1.54) is 0 Å². The highest BCUT2D eigenvalue weighted by Gasteiger charge is 2.01. The second-order valence-corrected chi connectivity index (χ2v) is 5.54. The summed E-state index contributed by atoms with van der Waals surface area (Å²) in [5.74, 6) is 1.42. The number of para-hydroxylation sites is 1. The molecule has 0 fully saturated rings. The highest BCUT2D eigenvalue weighted by molar-refractivity contribution is 5.77. The maximum atomic E-state index is 11.2. The molecule has 2 aromatic rings. The molecule has 1 amide bonds. The van der Waals surface area contributed by atoms with E-state index in [2.05, 4.69) is 5.32 Å². The molecule has 2 aromatic carbocycles. The van der Waals surface area contributed by atoms with Gasteiger partial charge in [-0.05, 0) is 42.7 Å². The molecule has 0 aliphatic rings. The molecule has 0 atom stereocenters. The Morgan fingerprint density at radius 3 is 2.52 bits per heavy atom. The Morgan fingerprint density at radius 1 is 1.08 bits per heavy atom. The van der Waals surface area contributed by atoms with Crippen molar-refractivity contribution in [3.8, 4) is 17.6 Å². The molecule has 0 aliphatic heterocycles. The minimum atomic E-state index is -0.240. The quantitative estimate of drug-likeness (QED) is 0.714. The maximum Gasteiger partial charge on any atom is 0.234 e. The molecule has 25 heavy (non-hydrogen) atoms. The van der Waals surface area contributed by atoms with Crippen molar-refractivity contribution in [3.05, 3.63) is 59.7 Å². The summed E-state index contributed by atoms with van der Waals surface area (Å²) < 4.78 is 11.4. The van der Waals surface area contributed by atoms with Crippen LogP contribution in [0.15, 0.2) is 48.5 Å². The van der Waals surface area contributed by atoms with Gasteiger partial charge in [0.25, 0.3) is 0 Å². The molecule has 0 heterocycles. The Balaban J connectivity index is 1.67. The van der Waals surface area contributed by atoms with E-state index in [1.807, 2.05) is 61.5 Å². The number of benzene rings is 2. The predicted octanol–water partition coefficient (Wildman–Crippen LogP) is 3.03. The third-order valence-corrected chi connectivity index (χ3v) is 3.60. The van der Waals surface area contributed by atoms with Gasteiger partial charge in [-0.1, -0.05) is 30.3 Å². The van der Waals surface area contributed by atoms with Crippen molar-refractivity contribution < 1.29 is 14.3 Å². The van der Waals surface area contributed by atoms with Crippen molar-refractivity contribution >= 4 is 5.91 Å². The van der Waals surface area contributed by atoms with Crippen LogP contribution in [0.4, 0.5) is 0 Å². The summed E-state index contributed by atoms with van der Waals surface area (Å²) in [5, 5.41) is 11.1. The largest absolute Gasteiger partial charge is 0.490 e. The lowest BCUT2D eigenvalue weighted by Gasteiger charge is -2.10. The van der Waals surface area contributed by atoms with E-state index >= 15 is 0 Å². The summed E-state index contributed by atoms with van der Waals surface area (Å²) >= 11 is 0. The average molecular weight is 338 g/mol. The van der Waals surface area contributed by atoms with Crippen LogP contribution in [-0.4, -0.2) is 25.7 Å². The van der Waals surface area contributed by atoms with Gasteiger partial charge in [-0.3, -0.25) is 4.79 Å². The van der Waals surface area contributed by atoms with Gasteiger partial charge in [-0.25, -0.2) is 0 Å². The first-order valence-electron chi connectivity index (χ1n) is 8.23. The maximum absolute atomic E-state index is 11.2. The van der Waals surface area contributed by atoms with Gasteiger partial charge in [0.15, 0.2) is 0 Å². The van der Waals surface area contributed by atoms with Crippen LogP contribution in [0.3, 0.4) is 0 Å². The summed E-state index contributed by atoms with van der Waals surface area (Å²) in [6, 6.07) is 17.4. The molecule has 0 radical (unpaired) electrons. The smallest absolute Gasteiger partial charge is 0.234 e. The lowest BCUT2D eigenvalue weighted by atomic mass is 10.1. The fraction of sp³-hybridized carbons (Fsp3) is 0.300. The summed E-state index contributed by atoms with van der Waals surface area (Å²) in [6.07, 6.45) is 0.616. The molecule has 0 unspecified atom stereocenters. The van der Waals surface area contributed by atoms with Gasteiger partial charge >= 0.3 is 0 Å². The zero-order chi connectivity index (χ0) is 17.9.